The van der Waals surface area contributed by atoms with E-state index in [0.29, 0.717) is 35.0 Å². The van der Waals surface area contributed by atoms with Gasteiger partial charge in [0.05, 0.1) is 35.0 Å². The van der Waals surface area contributed by atoms with Crippen LogP contribution < -0.4 is 10.6 Å². The minimum atomic E-state index is -0.529. The predicted molar refractivity (Wildman–Crippen MR) is 132 cm³/mol. The first kappa shape index (κ1) is 23.4. The van der Waals surface area contributed by atoms with Crippen molar-refractivity contribution in [1.82, 2.24) is 30.0 Å². The number of hydrogen-bond donors (Lipinski definition) is 3. The fourth-order valence-corrected chi connectivity index (χ4v) is 4.43. The second kappa shape index (κ2) is 9.34. The van der Waals surface area contributed by atoms with Crippen molar-refractivity contribution in [3.05, 3.63) is 71.9 Å². The minimum Gasteiger partial charge on any atom is -0.423 e. The summed E-state index contributed by atoms with van der Waals surface area (Å²) in [6, 6.07) is 12.6. The molecular weight excluding hydrogens is 460 g/mol. The Bertz CT molecular complexity index is 1380. The van der Waals surface area contributed by atoms with Gasteiger partial charge in [-0.3, -0.25) is 4.79 Å². The number of rotatable bonds is 8. The summed E-state index contributed by atoms with van der Waals surface area (Å²) in [7, 11) is 0. The molecule has 0 fully saturated rings. The van der Waals surface area contributed by atoms with Gasteiger partial charge in [-0.1, -0.05) is 30.3 Å². The third kappa shape index (κ3) is 4.13. The molecule has 0 bridgehead atoms. The lowest BCUT2D eigenvalue weighted by Crippen LogP contribution is -2.39. The number of carbonyl (C=O) groups is 1. The highest BCUT2D eigenvalue weighted by Crippen LogP contribution is 2.38. The van der Waals surface area contributed by atoms with E-state index in [4.69, 9.17) is 9.40 Å². The van der Waals surface area contributed by atoms with Crippen LogP contribution >= 0.6 is 0 Å². The van der Waals surface area contributed by atoms with E-state index in [1.165, 1.54) is 6.39 Å². The molecule has 4 heterocycles. The van der Waals surface area contributed by atoms with Gasteiger partial charge in [-0.25, -0.2) is 9.97 Å². The van der Waals surface area contributed by atoms with Crippen LogP contribution in [0.3, 0.4) is 0 Å². The van der Waals surface area contributed by atoms with Crippen LogP contribution in [-0.4, -0.2) is 54.2 Å². The van der Waals surface area contributed by atoms with Gasteiger partial charge in [0.1, 0.15) is 11.6 Å². The van der Waals surface area contributed by atoms with E-state index in [1.54, 1.807) is 23.2 Å². The number of benzene rings is 1. The quantitative estimate of drug-likeness (QED) is 0.338. The summed E-state index contributed by atoms with van der Waals surface area (Å²) in [6.07, 6.45) is 2.79. The molecule has 1 aromatic carbocycles. The molecule has 0 unspecified atom stereocenters. The van der Waals surface area contributed by atoms with Crippen molar-refractivity contribution < 1.29 is 14.3 Å². The van der Waals surface area contributed by atoms with Crippen molar-refractivity contribution in [2.24, 2.45) is 0 Å². The summed E-state index contributed by atoms with van der Waals surface area (Å²) in [5.74, 6) is 1.38. The number of anilines is 3. The first-order valence-corrected chi connectivity index (χ1v) is 11.6. The smallest absolute Gasteiger partial charge is 0.256 e. The van der Waals surface area contributed by atoms with E-state index < -0.39 is 11.6 Å². The van der Waals surface area contributed by atoms with Crippen LogP contribution in [0.4, 0.5) is 17.6 Å². The number of hydrogen-bond acceptors (Lipinski definition) is 10. The Morgan fingerprint density at radius 1 is 1.11 bits per heavy atom. The number of fused-ring (bicyclic) bond motifs is 1. The number of aliphatic hydroxyl groups excluding tert-OH is 1. The zero-order chi connectivity index (χ0) is 25.3. The number of nitrogens with one attached hydrogen (secondary N) is 2. The predicted octanol–water partition coefficient (Wildman–Crippen LogP) is 3.52. The van der Waals surface area contributed by atoms with Gasteiger partial charge in [0.2, 0.25) is 12.3 Å². The zero-order valence-electron chi connectivity index (χ0n) is 20.1. The molecular formula is C25H26N8O3. The highest BCUT2D eigenvalue weighted by atomic mass is 16.4. The van der Waals surface area contributed by atoms with Gasteiger partial charge in [0.25, 0.3) is 11.8 Å². The molecule has 36 heavy (non-hydrogen) atoms. The molecule has 3 aromatic heterocycles. The maximum atomic E-state index is 12.7. The van der Waals surface area contributed by atoms with Crippen LogP contribution in [0.5, 0.6) is 0 Å². The molecule has 0 spiro atoms. The van der Waals surface area contributed by atoms with Gasteiger partial charge in [0.15, 0.2) is 0 Å². The van der Waals surface area contributed by atoms with Crippen molar-refractivity contribution in [3.8, 4) is 11.5 Å². The first-order chi connectivity index (χ1) is 17.4. The summed E-state index contributed by atoms with van der Waals surface area (Å²) in [5, 5.41) is 24.2. The summed E-state index contributed by atoms with van der Waals surface area (Å²) in [6.45, 7) is 6.34. The highest BCUT2D eigenvalue weighted by molar-refractivity contribution is 5.99. The van der Waals surface area contributed by atoms with E-state index >= 15 is 0 Å². The molecule has 0 radical (unpaired) electrons. The van der Waals surface area contributed by atoms with Crippen molar-refractivity contribution in [1.29, 1.82) is 0 Å². The molecule has 1 atom stereocenters. The topological polar surface area (TPSA) is 142 Å². The fourth-order valence-electron chi connectivity index (χ4n) is 4.43. The van der Waals surface area contributed by atoms with Crippen LogP contribution in [0, 0.1) is 0 Å². The SMILES string of the molecule is CCN1C(=O)c2ccc(Nc3ncc(-c4nnco4)c(N[C@H](CO)c4ccccc4)n3)nc2C1(C)C. The molecule has 3 N–H and O–H groups in total. The third-order valence-electron chi connectivity index (χ3n) is 6.26. The normalized spacial score (nSPS) is 15.0. The molecule has 184 valence electrons. The number of nitrogens with zero attached hydrogens (tertiary/aromatic N) is 6. The monoisotopic (exact) mass is 486 g/mol. The maximum absolute atomic E-state index is 12.7. The van der Waals surface area contributed by atoms with E-state index in [2.05, 4.69) is 30.8 Å². The van der Waals surface area contributed by atoms with Gasteiger partial charge in [0, 0.05) is 12.7 Å². The standard InChI is InChI=1S/C25H26N8O3/c1-4-33-23(35)16-10-11-19(29-20(16)25(33,2)3)30-24-26-12-17(22-32-27-14-36-22)21(31-24)28-18(13-34)15-8-6-5-7-9-15/h5-12,14,18,34H,4,13H2,1-3H3,(H2,26,28,29,30,31)/t18-/m1/s1. The van der Waals surface area contributed by atoms with E-state index in [9.17, 15) is 9.90 Å². The Morgan fingerprint density at radius 3 is 2.61 bits per heavy atom. The summed E-state index contributed by atoms with van der Waals surface area (Å²) in [4.78, 5) is 28.3. The molecule has 1 amide bonds. The van der Waals surface area contributed by atoms with Gasteiger partial charge in [-0.2, -0.15) is 4.98 Å². The third-order valence-corrected chi connectivity index (χ3v) is 6.26. The summed E-state index contributed by atoms with van der Waals surface area (Å²) < 4.78 is 5.37. The van der Waals surface area contributed by atoms with Crippen LogP contribution in [0.25, 0.3) is 11.5 Å². The van der Waals surface area contributed by atoms with Crippen molar-refractivity contribution in [2.45, 2.75) is 32.4 Å². The van der Waals surface area contributed by atoms with Crippen LogP contribution in [0.2, 0.25) is 0 Å². The zero-order valence-corrected chi connectivity index (χ0v) is 20.1. The van der Waals surface area contributed by atoms with Crippen LogP contribution in [0.15, 0.2) is 59.5 Å². The average molecular weight is 487 g/mol. The Morgan fingerprint density at radius 2 is 1.92 bits per heavy atom. The number of carbonyl (C=O) groups excluding carboxylic acids is 1. The number of aromatic nitrogens is 5. The lowest BCUT2D eigenvalue weighted by atomic mass is 9.99. The molecule has 0 saturated heterocycles. The molecule has 4 aromatic rings. The number of amides is 1. The molecule has 11 heteroatoms. The lowest BCUT2D eigenvalue weighted by molar-refractivity contribution is 0.0631. The van der Waals surface area contributed by atoms with Crippen molar-refractivity contribution in [3.63, 3.8) is 0 Å². The number of pyridine rings is 1. The van der Waals surface area contributed by atoms with Gasteiger partial charge < -0.3 is 25.1 Å². The summed E-state index contributed by atoms with van der Waals surface area (Å²) >= 11 is 0. The second-order valence-electron chi connectivity index (χ2n) is 8.82. The van der Waals surface area contributed by atoms with E-state index in [-0.39, 0.29) is 24.4 Å². The second-order valence-corrected chi connectivity index (χ2v) is 8.82. The van der Waals surface area contributed by atoms with Gasteiger partial charge in [-0.05, 0) is 38.5 Å². The average Bonchev–Trinajstić information content (AvgIpc) is 3.48. The van der Waals surface area contributed by atoms with Gasteiger partial charge >= 0.3 is 0 Å². The molecule has 5 rings (SSSR count). The van der Waals surface area contributed by atoms with Gasteiger partial charge in [-0.15, -0.1) is 10.2 Å². The van der Waals surface area contributed by atoms with Crippen molar-refractivity contribution in [2.75, 3.05) is 23.8 Å². The number of aliphatic hydroxyl groups is 1. The maximum Gasteiger partial charge on any atom is 0.256 e. The fraction of sp³-hybridized carbons (Fsp3) is 0.280. The molecule has 0 aliphatic carbocycles. The first-order valence-electron chi connectivity index (χ1n) is 11.6. The summed E-state index contributed by atoms with van der Waals surface area (Å²) in [5.41, 5.74) is 2.13. The van der Waals surface area contributed by atoms with E-state index in [0.717, 1.165) is 5.56 Å². The Hall–Kier alpha value is -4.38. The molecule has 1 aliphatic heterocycles. The Labute approximate surface area is 207 Å². The van der Waals surface area contributed by atoms with E-state index in [1.807, 2.05) is 51.1 Å². The molecule has 1 aliphatic rings. The molecule has 11 nitrogen and oxygen atoms in total. The van der Waals surface area contributed by atoms with Crippen LogP contribution in [-0.2, 0) is 5.54 Å². The Kier molecular flexibility index (Phi) is 6.06. The largest absolute Gasteiger partial charge is 0.423 e. The highest BCUT2D eigenvalue weighted by Gasteiger charge is 2.43. The molecule has 0 saturated carbocycles. The Balaban J connectivity index is 1.48. The lowest BCUT2D eigenvalue weighted by Gasteiger charge is -2.30. The minimum absolute atomic E-state index is 0.0286. The van der Waals surface area contributed by atoms with Crippen LogP contribution in [0.1, 0.15) is 48.4 Å². The van der Waals surface area contributed by atoms with Crippen molar-refractivity contribution >= 4 is 23.5 Å².